The van der Waals surface area contributed by atoms with Gasteiger partial charge in [-0.15, -0.1) is 11.3 Å². The van der Waals surface area contributed by atoms with E-state index < -0.39 is 0 Å². The molecule has 16 heavy (non-hydrogen) atoms. The molecule has 0 aliphatic carbocycles. The Morgan fingerprint density at radius 1 is 1.50 bits per heavy atom. The van der Waals surface area contributed by atoms with Crippen LogP contribution in [-0.4, -0.2) is 4.98 Å². The van der Waals surface area contributed by atoms with Crippen molar-refractivity contribution >= 4 is 38.9 Å². The molecule has 1 aromatic heterocycles. The highest BCUT2D eigenvalue weighted by Crippen LogP contribution is 2.30. The molecule has 0 radical (unpaired) electrons. The van der Waals surface area contributed by atoms with Crippen molar-refractivity contribution in [2.75, 3.05) is 0 Å². The second-order valence-electron chi connectivity index (χ2n) is 3.42. The normalized spacial score (nSPS) is 12.7. The third-order valence-electron chi connectivity index (χ3n) is 2.29. The summed E-state index contributed by atoms with van der Waals surface area (Å²) in [4.78, 5) is 5.20. The SMILES string of the molecule is NC(Cc1cncs1)c1cccc(Br)c1Cl. The predicted molar refractivity (Wildman–Crippen MR) is 71.9 cm³/mol. The molecule has 84 valence electrons. The highest BCUT2D eigenvalue weighted by Gasteiger charge is 2.13. The molecule has 0 bridgehead atoms. The van der Waals surface area contributed by atoms with Crippen LogP contribution in [0.15, 0.2) is 34.4 Å². The topological polar surface area (TPSA) is 38.9 Å². The zero-order valence-electron chi connectivity index (χ0n) is 8.36. The maximum absolute atomic E-state index is 6.19. The van der Waals surface area contributed by atoms with Crippen LogP contribution in [0.2, 0.25) is 5.02 Å². The van der Waals surface area contributed by atoms with Crippen LogP contribution in [0.5, 0.6) is 0 Å². The molecule has 2 rings (SSSR count). The number of thiazole rings is 1. The monoisotopic (exact) mass is 316 g/mol. The quantitative estimate of drug-likeness (QED) is 0.935. The second kappa shape index (κ2) is 5.27. The first-order valence-electron chi connectivity index (χ1n) is 4.75. The number of halogens is 2. The van der Waals surface area contributed by atoms with Crippen LogP contribution >= 0.6 is 38.9 Å². The summed E-state index contributed by atoms with van der Waals surface area (Å²) in [6.07, 6.45) is 2.61. The van der Waals surface area contributed by atoms with Crippen molar-refractivity contribution in [2.24, 2.45) is 5.73 Å². The average Bonchev–Trinajstić information content (AvgIpc) is 2.74. The molecule has 0 amide bonds. The van der Waals surface area contributed by atoms with Crippen molar-refractivity contribution in [3.05, 3.63) is 49.8 Å². The molecule has 0 fully saturated rings. The first kappa shape index (κ1) is 12.0. The Morgan fingerprint density at radius 3 is 3.00 bits per heavy atom. The molecular formula is C11H10BrClN2S. The molecule has 0 aliphatic heterocycles. The van der Waals surface area contributed by atoms with Crippen molar-refractivity contribution in [3.63, 3.8) is 0 Å². The van der Waals surface area contributed by atoms with E-state index in [0.717, 1.165) is 16.5 Å². The molecule has 1 atom stereocenters. The minimum atomic E-state index is -0.0922. The van der Waals surface area contributed by atoms with Gasteiger partial charge in [-0.3, -0.25) is 4.98 Å². The van der Waals surface area contributed by atoms with E-state index in [0.29, 0.717) is 5.02 Å². The fourth-order valence-electron chi connectivity index (χ4n) is 1.48. The van der Waals surface area contributed by atoms with Crippen LogP contribution in [-0.2, 0) is 6.42 Å². The number of nitrogens with two attached hydrogens (primary N) is 1. The number of hydrogen-bond donors (Lipinski definition) is 1. The molecule has 2 N–H and O–H groups in total. The van der Waals surface area contributed by atoms with Gasteiger partial charge in [0, 0.05) is 28.0 Å². The first-order valence-corrected chi connectivity index (χ1v) is 6.80. The lowest BCUT2D eigenvalue weighted by molar-refractivity contribution is 0.729. The van der Waals surface area contributed by atoms with Gasteiger partial charge in [0.15, 0.2) is 0 Å². The molecule has 0 spiro atoms. The summed E-state index contributed by atoms with van der Waals surface area (Å²) in [7, 11) is 0. The van der Waals surface area contributed by atoms with Gasteiger partial charge in [0.05, 0.1) is 10.5 Å². The van der Waals surface area contributed by atoms with E-state index in [1.165, 1.54) is 4.88 Å². The third-order valence-corrected chi connectivity index (χ3v) is 4.40. The maximum atomic E-state index is 6.19. The predicted octanol–water partition coefficient (Wildman–Crippen LogP) is 3.80. The first-order chi connectivity index (χ1) is 7.68. The smallest absolute Gasteiger partial charge is 0.0794 e. The van der Waals surface area contributed by atoms with Crippen LogP contribution < -0.4 is 5.73 Å². The van der Waals surface area contributed by atoms with E-state index >= 15 is 0 Å². The van der Waals surface area contributed by atoms with Crippen LogP contribution in [0.3, 0.4) is 0 Å². The molecular weight excluding hydrogens is 308 g/mol. The summed E-state index contributed by atoms with van der Waals surface area (Å²) in [5.41, 5.74) is 8.90. The standard InChI is InChI=1S/C11H10BrClN2S/c12-9-3-1-2-8(11(9)13)10(14)4-7-5-15-6-16-7/h1-3,5-6,10H,4,14H2. The van der Waals surface area contributed by atoms with Gasteiger partial charge in [0.2, 0.25) is 0 Å². The van der Waals surface area contributed by atoms with Crippen molar-refractivity contribution in [3.8, 4) is 0 Å². The van der Waals surface area contributed by atoms with E-state index in [-0.39, 0.29) is 6.04 Å². The minimum absolute atomic E-state index is 0.0922. The van der Waals surface area contributed by atoms with Crippen LogP contribution in [0.4, 0.5) is 0 Å². The van der Waals surface area contributed by atoms with E-state index in [1.54, 1.807) is 11.3 Å². The number of rotatable bonds is 3. The van der Waals surface area contributed by atoms with Gasteiger partial charge >= 0.3 is 0 Å². The summed E-state index contributed by atoms with van der Waals surface area (Å²) in [5, 5.41) is 0.694. The largest absolute Gasteiger partial charge is 0.324 e. The lowest BCUT2D eigenvalue weighted by Crippen LogP contribution is -2.13. The Kier molecular flexibility index (Phi) is 3.97. The zero-order chi connectivity index (χ0) is 11.5. The van der Waals surface area contributed by atoms with Crippen molar-refractivity contribution in [1.82, 2.24) is 4.98 Å². The number of benzene rings is 1. The summed E-state index contributed by atoms with van der Waals surface area (Å²) in [5.74, 6) is 0. The molecule has 1 unspecified atom stereocenters. The molecule has 5 heteroatoms. The minimum Gasteiger partial charge on any atom is -0.324 e. The number of aromatic nitrogens is 1. The van der Waals surface area contributed by atoms with Crippen molar-refractivity contribution < 1.29 is 0 Å². The molecule has 1 aromatic carbocycles. The second-order valence-corrected chi connectivity index (χ2v) is 5.62. The van der Waals surface area contributed by atoms with Crippen LogP contribution in [0.1, 0.15) is 16.5 Å². The Bertz CT molecular complexity index is 473. The van der Waals surface area contributed by atoms with Gasteiger partial charge in [-0.1, -0.05) is 23.7 Å². The van der Waals surface area contributed by atoms with Gasteiger partial charge in [-0.2, -0.15) is 0 Å². The van der Waals surface area contributed by atoms with Crippen LogP contribution in [0.25, 0.3) is 0 Å². The van der Waals surface area contributed by atoms with E-state index in [4.69, 9.17) is 17.3 Å². The fourth-order valence-corrected chi connectivity index (χ4v) is 2.78. The average molecular weight is 318 g/mol. The van der Waals surface area contributed by atoms with Gasteiger partial charge in [-0.25, -0.2) is 0 Å². The summed E-state index contributed by atoms with van der Waals surface area (Å²) in [6, 6.07) is 5.72. The fraction of sp³-hybridized carbons (Fsp3) is 0.182. The Balaban J connectivity index is 2.21. The third kappa shape index (κ3) is 2.63. The van der Waals surface area contributed by atoms with Gasteiger partial charge < -0.3 is 5.73 Å². The molecule has 0 saturated heterocycles. The van der Waals surface area contributed by atoms with E-state index in [2.05, 4.69) is 20.9 Å². The Hall–Kier alpha value is -0.420. The lowest BCUT2D eigenvalue weighted by Gasteiger charge is -2.13. The van der Waals surface area contributed by atoms with Gasteiger partial charge in [0.1, 0.15) is 0 Å². The number of nitrogens with zero attached hydrogens (tertiary/aromatic N) is 1. The highest BCUT2D eigenvalue weighted by molar-refractivity contribution is 9.10. The summed E-state index contributed by atoms with van der Waals surface area (Å²) in [6.45, 7) is 0. The summed E-state index contributed by atoms with van der Waals surface area (Å²) >= 11 is 11.2. The van der Waals surface area contributed by atoms with Crippen LogP contribution in [0, 0.1) is 0 Å². The molecule has 0 aliphatic rings. The summed E-state index contributed by atoms with van der Waals surface area (Å²) < 4.78 is 0.881. The highest BCUT2D eigenvalue weighted by atomic mass is 79.9. The Labute approximate surface area is 112 Å². The molecule has 1 heterocycles. The molecule has 2 aromatic rings. The number of hydrogen-bond acceptors (Lipinski definition) is 3. The van der Waals surface area contributed by atoms with E-state index in [9.17, 15) is 0 Å². The van der Waals surface area contributed by atoms with E-state index in [1.807, 2.05) is 29.9 Å². The lowest BCUT2D eigenvalue weighted by atomic mass is 10.0. The van der Waals surface area contributed by atoms with Crippen molar-refractivity contribution in [2.45, 2.75) is 12.5 Å². The molecule has 2 nitrogen and oxygen atoms in total. The Morgan fingerprint density at radius 2 is 2.31 bits per heavy atom. The van der Waals surface area contributed by atoms with Gasteiger partial charge in [-0.05, 0) is 27.6 Å². The zero-order valence-corrected chi connectivity index (χ0v) is 11.5. The molecule has 0 saturated carbocycles. The van der Waals surface area contributed by atoms with Gasteiger partial charge in [0.25, 0.3) is 0 Å². The maximum Gasteiger partial charge on any atom is 0.0794 e. The van der Waals surface area contributed by atoms with Crippen molar-refractivity contribution in [1.29, 1.82) is 0 Å².